The van der Waals surface area contributed by atoms with E-state index in [1.807, 2.05) is 0 Å². The number of carbonyl (C=O) groups is 2. The zero-order valence-electron chi connectivity index (χ0n) is 12.1. The third-order valence-electron chi connectivity index (χ3n) is 3.44. The Bertz CT molecular complexity index is 433. The van der Waals surface area contributed by atoms with Gasteiger partial charge in [-0.1, -0.05) is 0 Å². The van der Waals surface area contributed by atoms with E-state index >= 15 is 0 Å². The predicted molar refractivity (Wildman–Crippen MR) is 66.6 cm³/mol. The van der Waals surface area contributed by atoms with E-state index in [1.165, 1.54) is 20.9 Å². The lowest BCUT2D eigenvalue weighted by atomic mass is 9.86. The highest BCUT2D eigenvalue weighted by Gasteiger charge is 2.64. The van der Waals surface area contributed by atoms with Gasteiger partial charge in [-0.25, -0.2) is 4.79 Å². The average molecular weight is 312 g/mol. The fourth-order valence-electron chi connectivity index (χ4n) is 2.39. The zero-order valence-corrected chi connectivity index (χ0v) is 12.1. The minimum atomic E-state index is -4.93. The van der Waals surface area contributed by atoms with Gasteiger partial charge in [-0.2, -0.15) is 13.2 Å². The first kappa shape index (κ1) is 17.5. The van der Waals surface area contributed by atoms with Crippen LogP contribution in [0.25, 0.3) is 0 Å². The van der Waals surface area contributed by atoms with Crippen molar-refractivity contribution in [3.63, 3.8) is 0 Å². The first-order chi connectivity index (χ1) is 9.30. The third-order valence-corrected chi connectivity index (χ3v) is 3.44. The van der Waals surface area contributed by atoms with Crippen LogP contribution in [0, 0.1) is 5.41 Å². The van der Waals surface area contributed by atoms with E-state index < -0.39 is 42.2 Å². The number of carbonyl (C=O) groups excluding carboxylic acids is 1. The number of hydrogen-bond donors (Lipinski definition) is 2. The van der Waals surface area contributed by atoms with Gasteiger partial charge in [0.2, 0.25) is 0 Å². The third kappa shape index (κ3) is 3.58. The molecule has 0 aliphatic carbocycles. The number of likely N-dealkylation sites (tertiary alicyclic amines) is 1. The highest BCUT2D eigenvalue weighted by atomic mass is 19.4. The first-order valence-electron chi connectivity index (χ1n) is 6.33. The van der Waals surface area contributed by atoms with Gasteiger partial charge >= 0.3 is 18.2 Å². The number of aliphatic carboxylic acids is 1. The smallest absolute Gasteiger partial charge is 0.406 e. The molecule has 122 valence electrons. The summed E-state index contributed by atoms with van der Waals surface area (Å²) in [5.41, 5.74) is -4.11. The minimum absolute atomic E-state index is 0.0750. The summed E-state index contributed by atoms with van der Waals surface area (Å²) in [4.78, 5) is 25.0. The van der Waals surface area contributed by atoms with Crippen LogP contribution in [-0.2, 0) is 4.79 Å². The van der Waals surface area contributed by atoms with E-state index in [4.69, 9.17) is 5.11 Å². The Morgan fingerprint density at radius 3 is 2.19 bits per heavy atom. The number of hydrogen-bond acceptors (Lipinski definition) is 3. The number of nitrogens with zero attached hydrogens (tertiary/aromatic N) is 2. The quantitative estimate of drug-likeness (QED) is 0.819. The number of rotatable bonds is 3. The van der Waals surface area contributed by atoms with Gasteiger partial charge in [0.25, 0.3) is 0 Å². The maximum Gasteiger partial charge on any atom is 0.406 e. The molecule has 0 saturated carbocycles. The summed E-state index contributed by atoms with van der Waals surface area (Å²) in [5.74, 6) is -1.98. The van der Waals surface area contributed by atoms with Gasteiger partial charge < -0.3 is 20.0 Å². The van der Waals surface area contributed by atoms with Crippen molar-refractivity contribution < 1.29 is 33.0 Å². The van der Waals surface area contributed by atoms with Gasteiger partial charge in [0.1, 0.15) is 0 Å². The van der Waals surface area contributed by atoms with E-state index in [2.05, 4.69) is 0 Å². The normalized spacial score (nSPS) is 23.3. The van der Waals surface area contributed by atoms with Crippen molar-refractivity contribution in [2.45, 2.75) is 32.0 Å². The van der Waals surface area contributed by atoms with E-state index in [1.54, 1.807) is 0 Å². The van der Waals surface area contributed by atoms with Crippen LogP contribution in [-0.4, -0.2) is 70.5 Å². The second kappa shape index (κ2) is 5.36. The van der Waals surface area contributed by atoms with Gasteiger partial charge in [-0.15, -0.1) is 0 Å². The van der Waals surface area contributed by atoms with Crippen molar-refractivity contribution >= 4 is 12.0 Å². The van der Waals surface area contributed by atoms with E-state index in [0.717, 1.165) is 9.80 Å². The lowest BCUT2D eigenvalue weighted by molar-refractivity contribution is -0.227. The number of likely N-dealkylation sites (N-methyl/N-ethyl adjacent to an activating group) is 1. The molecule has 0 aromatic heterocycles. The summed E-state index contributed by atoms with van der Waals surface area (Å²) in [6, 6.07) is -0.732. The fourth-order valence-corrected chi connectivity index (χ4v) is 2.39. The van der Waals surface area contributed by atoms with Crippen molar-refractivity contribution in [3.8, 4) is 0 Å². The molecule has 0 aromatic rings. The highest BCUT2D eigenvalue weighted by Crippen LogP contribution is 2.45. The molecule has 1 saturated heterocycles. The molecule has 0 bridgehead atoms. The molecule has 1 heterocycles. The fraction of sp³-hybridized carbons (Fsp3) is 0.833. The lowest BCUT2D eigenvalue weighted by Crippen LogP contribution is -2.50. The molecule has 1 atom stereocenters. The molecular formula is C12H19F3N2O4. The standard InChI is InChI=1S/C12H19F3N2O4/c1-10(2,21)6-16(3)9(20)17-5-4-11(7-17,8(18)19)12(13,14)15/h21H,4-7H2,1-3H3,(H,18,19). The van der Waals surface area contributed by atoms with Crippen LogP contribution in [0.3, 0.4) is 0 Å². The molecule has 2 amide bonds. The largest absolute Gasteiger partial charge is 0.481 e. The van der Waals surface area contributed by atoms with Crippen molar-refractivity contribution in [1.29, 1.82) is 0 Å². The second-order valence-electron chi connectivity index (χ2n) is 6.01. The number of carboxylic acids is 1. The Morgan fingerprint density at radius 1 is 1.33 bits per heavy atom. The summed E-state index contributed by atoms with van der Waals surface area (Å²) >= 11 is 0. The summed E-state index contributed by atoms with van der Waals surface area (Å²) < 4.78 is 39.0. The maximum absolute atomic E-state index is 13.0. The zero-order chi connectivity index (χ0) is 16.6. The topological polar surface area (TPSA) is 81.1 Å². The molecule has 1 aliphatic heterocycles. The number of halogens is 3. The summed E-state index contributed by atoms with van der Waals surface area (Å²) in [6.07, 6.45) is -5.60. The molecule has 0 spiro atoms. The molecule has 1 fully saturated rings. The van der Waals surface area contributed by atoms with Gasteiger partial charge in [0, 0.05) is 20.1 Å². The molecule has 0 radical (unpaired) electrons. The SMILES string of the molecule is CN(CC(C)(C)O)C(=O)N1CCC(C(=O)O)(C(F)(F)F)C1. The number of alkyl halides is 3. The Balaban J connectivity index is 2.86. The van der Waals surface area contributed by atoms with Crippen LogP contribution in [0.4, 0.5) is 18.0 Å². The number of amides is 2. The minimum Gasteiger partial charge on any atom is -0.481 e. The highest BCUT2D eigenvalue weighted by molar-refractivity contribution is 5.80. The summed E-state index contributed by atoms with van der Waals surface area (Å²) in [6.45, 7) is 1.63. The van der Waals surface area contributed by atoms with Gasteiger partial charge in [-0.3, -0.25) is 4.79 Å². The summed E-state index contributed by atoms with van der Waals surface area (Å²) in [7, 11) is 1.34. The molecular weight excluding hydrogens is 293 g/mol. The second-order valence-corrected chi connectivity index (χ2v) is 6.01. The van der Waals surface area contributed by atoms with E-state index in [0.29, 0.717) is 0 Å². The number of aliphatic hydroxyl groups is 1. The van der Waals surface area contributed by atoms with Gasteiger partial charge in [0.15, 0.2) is 5.41 Å². The predicted octanol–water partition coefficient (Wildman–Crippen LogP) is 1.15. The average Bonchev–Trinajstić information content (AvgIpc) is 2.70. The molecule has 1 aliphatic rings. The molecule has 0 aromatic carbocycles. The first-order valence-corrected chi connectivity index (χ1v) is 6.33. The lowest BCUT2D eigenvalue weighted by Gasteiger charge is -2.31. The molecule has 1 unspecified atom stereocenters. The van der Waals surface area contributed by atoms with Crippen LogP contribution in [0.5, 0.6) is 0 Å². The van der Waals surface area contributed by atoms with Crippen molar-refractivity contribution in [3.05, 3.63) is 0 Å². The van der Waals surface area contributed by atoms with Gasteiger partial charge in [0.05, 0.1) is 12.1 Å². The van der Waals surface area contributed by atoms with Crippen LogP contribution in [0.1, 0.15) is 20.3 Å². The van der Waals surface area contributed by atoms with Gasteiger partial charge in [-0.05, 0) is 20.3 Å². The van der Waals surface area contributed by atoms with E-state index in [9.17, 15) is 27.9 Å². The number of carboxylic acid groups (broad SMARTS) is 1. The Morgan fingerprint density at radius 2 is 1.86 bits per heavy atom. The van der Waals surface area contributed by atoms with Crippen molar-refractivity contribution in [2.75, 3.05) is 26.7 Å². The van der Waals surface area contributed by atoms with Crippen LogP contribution >= 0.6 is 0 Å². The molecule has 2 N–H and O–H groups in total. The molecule has 9 heteroatoms. The number of urea groups is 1. The Hall–Kier alpha value is -1.51. The molecule has 21 heavy (non-hydrogen) atoms. The van der Waals surface area contributed by atoms with Crippen LogP contribution in [0.2, 0.25) is 0 Å². The van der Waals surface area contributed by atoms with Crippen molar-refractivity contribution in [2.24, 2.45) is 5.41 Å². The molecule has 1 rings (SSSR count). The summed E-state index contributed by atoms with van der Waals surface area (Å²) in [5, 5.41) is 18.5. The van der Waals surface area contributed by atoms with Crippen molar-refractivity contribution in [1.82, 2.24) is 9.80 Å². The van der Waals surface area contributed by atoms with E-state index in [-0.39, 0.29) is 13.1 Å². The monoisotopic (exact) mass is 312 g/mol. The van der Waals surface area contributed by atoms with Crippen LogP contribution in [0.15, 0.2) is 0 Å². The van der Waals surface area contributed by atoms with Crippen LogP contribution < -0.4 is 0 Å². The Kier molecular flexibility index (Phi) is 4.48. The Labute approximate surface area is 120 Å². The maximum atomic E-state index is 13.0. The molecule has 6 nitrogen and oxygen atoms in total.